The quantitative estimate of drug-likeness (QED) is 0.444. The summed E-state index contributed by atoms with van der Waals surface area (Å²) in [5.74, 6) is -1.52. The largest absolute Gasteiger partial charge is 0.302 e. The zero-order valence-electron chi connectivity index (χ0n) is 14.8. The minimum absolute atomic E-state index is 0.0195. The van der Waals surface area contributed by atoms with Gasteiger partial charge in [0.1, 0.15) is 6.17 Å². The fourth-order valence-electron chi connectivity index (χ4n) is 3.38. The van der Waals surface area contributed by atoms with Gasteiger partial charge in [-0.05, 0) is 24.1 Å². The van der Waals surface area contributed by atoms with Crippen LogP contribution in [0.25, 0.3) is 38.3 Å². The maximum absolute atomic E-state index is 14.8. The van der Waals surface area contributed by atoms with Gasteiger partial charge in [0.15, 0.2) is 10.9 Å². The van der Waals surface area contributed by atoms with E-state index in [1.54, 1.807) is 18.3 Å². The Kier molecular flexibility index (Phi) is 4.15. The zero-order chi connectivity index (χ0) is 20.3. The number of aromatic nitrogens is 3. The van der Waals surface area contributed by atoms with Crippen LogP contribution in [0, 0.1) is 11.7 Å². The van der Waals surface area contributed by atoms with E-state index < -0.39 is 17.9 Å². The third-order valence-corrected chi connectivity index (χ3v) is 6.28. The predicted molar refractivity (Wildman–Crippen MR) is 111 cm³/mol. The van der Waals surface area contributed by atoms with E-state index in [9.17, 15) is 13.6 Å². The highest BCUT2D eigenvalue weighted by atomic mass is 35.5. The molecule has 2 aromatic carbocycles. The topological polar surface area (TPSA) is 70.7 Å². The first-order chi connectivity index (χ1) is 14.0. The number of fused-ring (bicyclic) bond motifs is 2. The average molecular weight is 431 g/mol. The number of aromatic amines is 1. The van der Waals surface area contributed by atoms with Crippen LogP contribution in [0.15, 0.2) is 31.0 Å². The van der Waals surface area contributed by atoms with Gasteiger partial charge in [-0.25, -0.2) is 13.8 Å². The molecule has 0 saturated heterocycles. The lowest BCUT2D eigenvalue weighted by Gasteiger charge is -2.10. The number of nitrogens with zero attached hydrogens (tertiary/aromatic N) is 2. The number of rotatable bonds is 4. The highest BCUT2D eigenvalue weighted by molar-refractivity contribution is 7.22. The fourth-order valence-corrected chi connectivity index (χ4v) is 4.60. The van der Waals surface area contributed by atoms with Gasteiger partial charge in [-0.1, -0.05) is 41.7 Å². The summed E-state index contributed by atoms with van der Waals surface area (Å²) in [5.41, 5.74) is 2.65. The molecule has 29 heavy (non-hydrogen) atoms. The summed E-state index contributed by atoms with van der Waals surface area (Å²) in [6.45, 7) is 3.64. The molecule has 0 radical (unpaired) electrons. The molecule has 2 aromatic heterocycles. The van der Waals surface area contributed by atoms with E-state index >= 15 is 0 Å². The van der Waals surface area contributed by atoms with Crippen LogP contribution in [0.3, 0.4) is 0 Å². The number of thiazole rings is 1. The monoisotopic (exact) mass is 430 g/mol. The molecule has 4 aromatic rings. The number of halogens is 3. The number of hydrogen-bond donors (Lipinski definition) is 2. The minimum Gasteiger partial charge on any atom is -0.302 e. The van der Waals surface area contributed by atoms with E-state index in [0.29, 0.717) is 32.7 Å². The standard InChI is InChI=1S/C20H13ClF2N4OS/c1-2-9-17(23)16(21)15(11-7-24-27-18(9)11)8-3-4-13-14(5-8)29-20(25-13)26-19(28)10-6-12(10)22/h2-5,7,10,12H,1,6H2,(H,24,27)(H,25,26,28)/t10-,12+/m1/s1. The Balaban J connectivity index is 1.59. The number of anilines is 1. The molecule has 2 atom stereocenters. The smallest absolute Gasteiger partial charge is 0.232 e. The van der Waals surface area contributed by atoms with Crippen molar-refractivity contribution in [2.24, 2.45) is 5.92 Å². The fraction of sp³-hybridized carbons (Fsp3) is 0.150. The predicted octanol–water partition coefficient (Wildman–Crippen LogP) is 5.57. The van der Waals surface area contributed by atoms with Gasteiger partial charge in [0.05, 0.1) is 32.9 Å². The van der Waals surface area contributed by atoms with Crippen molar-refractivity contribution >= 4 is 61.2 Å². The molecule has 5 rings (SSSR count). The van der Waals surface area contributed by atoms with Crippen molar-refractivity contribution in [3.8, 4) is 11.1 Å². The van der Waals surface area contributed by atoms with Crippen molar-refractivity contribution in [1.29, 1.82) is 0 Å². The highest BCUT2D eigenvalue weighted by Crippen LogP contribution is 2.41. The molecule has 0 bridgehead atoms. The van der Waals surface area contributed by atoms with Crippen molar-refractivity contribution in [2.75, 3.05) is 5.32 Å². The number of nitrogens with one attached hydrogen (secondary N) is 2. The first kappa shape index (κ1) is 18.2. The molecule has 2 N–H and O–H groups in total. The van der Waals surface area contributed by atoms with E-state index in [-0.39, 0.29) is 22.9 Å². The van der Waals surface area contributed by atoms with Gasteiger partial charge in [-0.3, -0.25) is 9.89 Å². The maximum atomic E-state index is 14.8. The van der Waals surface area contributed by atoms with E-state index in [1.807, 2.05) is 6.07 Å². The number of benzene rings is 2. The van der Waals surface area contributed by atoms with Crippen LogP contribution in [-0.4, -0.2) is 27.3 Å². The Morgan fingerprint density at radius 2 is 2.24 bits per heavy atom. The summed E-state index contributed by atoms with van der Waals surface area (Å²) < 4.78 is 28.6. The molecule has 1 saturated carbocycles. The molecule has 0 aliphatic heterocycles. The molecule has 146 valence electrons. The van der Waals surface area contributed by atoms with Gasteiger partial charge < -0.3 is 5.32 Å². The van der Waals surface area contributed by atoms with Crippen molar-refractivity contribution < 1.29 is 13.6 Å². The van der Waals surface area contributed by atoms with Crippen LogP contribution in [0.4, 0.5) is 13.9 Å². The third-order valence-electron chi connectivity index (χ3n) is 4.99. The molecular formula is C20H13ClF2N4OS. The van der Waals surface area contributed by atoms with Crippen LogP contribution in [-0.2, 0) is 4.79 Å². The third kappa shape index (κ3) is 2.90. The second kappa shape index (κ2) is 6.60. The lowest BCUT2D eigenvalue weighted by Crippen LogP contribution is -2.14. The summed E-state index contributed by atoms with van der Waals surface area (Å²) in [5, 5.41) is 10.5. The molecule has 2 heterocycles. The van der Waals surface area contributed by atoms with Crippen LogP contribution < -0.4 is 5.32 Å². The maximum Gasteiger partial charge on any atom is 0.232 e. The molecule has 0 unspecified atom stereocenters. The van der Waals surface area contributed by atoms with Crippen molar-refractivity contribution in [2.45, 2.75) is 12.6 Å². The molecule has 1 fully saturated rings. The minimum atomic E-state index is -1.07. The normalized spacial score (nSPS) is 18.3. The summed E-state index contributed by atoms with van der Waals surface area (Å²) >= 11 is 7.62. The number of H-pyrrole nitrogens is 1. The van der Waals surface area contributed by atoms with Crippen LogP contribution in [0.5, 0.6) is 0 Å². The van der Waals surface area contributed by atoms with Gasteiger partial charge in [-0.2, -0.15) is 5.10 Å². The van der Waals surface area contributed by atoms with Gasteiger partial charge in [0.25, 0.3) is 0 Å². The Morgan fingerprint density at radius 1 is 1.45 bits per heavy atom. The second-order valence-electron chi connectivity index (χ2n) is 6.83. The first-order valence-corrected chi connectivity index (χ1v) is 9.99. The summed E-state index contributed by atoms with van der Waals surface area (Å²) in [4.78, 5) is 16.3. The van der Waals surface area contributed by atoms with Gasteiger partial charge >= 0.3 is 0 Å². The van der Waals surface area contributed by atoms with E-state index in [1.165, 1.54) is 17.4 Å². The Hall–Kier alpha value is -2.84. The van der Waals surface area contributed by atoms with Gasteiger partial charge in [0.2, 0.25) is 5.91 Å². The number of alkyl halides is 1. The Labute approximate surface area is 172 Å². The van der Waals surface area contributed by atoms with Crippen LogP contribution in [0.2, 0.25) is 5.02 Å². The lowest BCUT2D eigenvalue weighted by atomic mass is 9.98. The summed E-state index contributed by atoms with van der Waals surface area (Å²) in [6.07, 6.45) is 2.18. The number of carbonyl (C=O) groups excluding carboxylic acids is 1. The lowest BCUT2D eigenvalue weighted by molar-refractivity contribution is -0.117. The van der Waals surface area contributed by atoms with Crippen LogP contribution >= 0.6 is 22.9 Å². The zero-order valence-corrected chi connectivity index (χ0v) is 16.4. The second-order valence-corrected chi connectivity index (χ2v) is 8.24. The van der Waals surface area contributed by atoms with E-state index in [4.69, 9.17) is 11.6 Å². The van der Waals surface area contributed by atoms with Gasteiger partial charge in [0, 0.05) is 16.5 Å². The first-order valence-electron chi connectivity index (χ1n) is 8.80. The summed E-state index contributed by atoms with van der Waals surface area (Å²) in [6, 6.07) is 5.39. The molecule has 0 spiro atoms. The Morgan fingerprint density at radius 3 is 2.97 bits per heavy atom. The van der Waals surface area contributed by atoms with E-state index in [2.05, 4.69) is 27.1 Å². The number of carbonyl (C=O) groups is 1. The molecule has 5 nitrogen and oxygen atoms in total. The molecule has 1 amide bonds. The molecule has 1 aliphatic carbocycles. The average Bonchev–Trinajstić information content (AvgIpc) is 3.08. The SMILES string of the molecule is C=Cc1c(F)c(Cl)c(-c2ccc3nc(NC(=O)[C@@H]4C[C@@H]4F)sc3c2)c2cn[nH]c12. The van der Waals surface area contributed by atoms with Crippen LogP contribution in [0.1, 0.15) is 12.0 Å². The van der Waals surface area contributed by atoms with Gasteiger partial charge in [-0.15, -0.1) is 0 Å². The molecule has 9 heteroatoms. The number of amides is 1. The number of hydrogen-bond acceptors (Lipinski definition) is 4. The summed E-state index contributed by atoms with van der Waals surface area (Å²) in [7, 11) is 0. The van der Waals surface area contributed by atoms with Crippen molar-refractivity contribution in [1.82, 2.24) is 15.2 Å². The molecule has 1 aliphatic rings. The van der Waals surface area contributed by atoms with Crippen molar-refractivity contribution in [3.05, 3.63) is 47.4 Å². The molecular weight excluding hydrogens is 418 g/mol. The Bertz CT molecular complexity index is 1320. The highest BCUT2D eigenvalue weighted by Gasteiger charge is 2.43. The van der Waals surface area contributed by atoms with E-state index in [0.717, 1.165) is 4.70 Å². The van der Waals surface area contributed by atoms with Crippen molar-refractivity contribution in [3.63, 3.8) is 0 Å².